The van der Waals surface area contributed by atoms with Crippen molar-refractivity contribution in [2.45, 2.75) is 31.6 Å². The van der Waals surface area contributed by atoms with Crippen molar-refractivity contribution < 1.29 is 13.2 Å². The quantitative estimate of drug-likeness (QED) is 0.596. The van der Waals surface area contributed by atoms with Crippen LogP contribution in [0.3, 0.4) is 0 Å². The molecule has 0 saturated carbocycles. The van der Waals surface area contributed by atoms with Crippen molar-refractivity contribution in [2.24, 2.45) is 0 Å². The molecular weight excluding hydrogens is 368 g/mol. The first-order chi connectivity index (χ1) is 12.9. The van der Waals surface area contributed by atoms with Crippen LogP contribution in [0.2, 0.25) is 0 Å². The van der Waals surface area contributed by atoms with Crippen molar-refractivity contribution in [3.05, 3.63) is 36.8 Å². The topological polar surface area (TPSA) is 118 Å². The van der Waals surface area contributed by atoms with Crippen LogP contribution in [0.15, 0.2) is 41.7 Å². The number of aromatic nitrogens is 4. The average Bonchev–Trinajstić information content (AvgIpc) is 3.02. The lowest BCUT2D eigenvalue weighted by Gasteiger charge is -2.08. The van der Waals surface area contributed by atoms with E-state index in [0.29, 0.717) is 17.8 Å². The van der Waals surface area contributed by atoms with Gasteiger partial charge in [-0.3, -0.25) is 15.1 Å². The molecule has 3 aromatic rings. The lowest BCUT2D eigenvalue weighted by Crippen LogP contribution is -2.24. The number of carbonyl (C=O) groups excluding carboxylic acids is 1. The zero-order valence-corrected chi connectivity index (χ0v) is 15.8. The number of sulfonamides is 1. The highest BCUT2D eigenvalue weighted by atomic mass is 32.2. The van der Waals surface area contributed by atoms with E-state index in [9.17, 15) is 13.2 Å². The molecule has 0 aliphatic carbocycles. The number of hydrogen-bond acceptors (Lipinski definition) is 6. The molecule has 0 unspecified atom stereocenters. The van der Waals surface area contributed by atoms with Crippen LogP contribution >= 0.6 is 0 Å². The zero-order valence-electron chi connectivity index (χ0n) is 15.0. The first kappa shape index (κ1) is 18.9. The Labute approximate surface area is 156 Å². The van der Waals surface area contributed by atoms with E-state index in [0.717, 1.165) is 18.4 Å². The Morgan fingerprint density at radius 1 is 1.22 bits per heavy atom. The predicted molar refractivity (Wildman–Crippen MR) is 101 cm³/mol. The van der Waals surface area contributed by atoms with Crippen LogP contribution in [0.25, 0.3) is 16.8 Å². The van der Waals surface area contributed by atoms with Crippen molar-refractivity contribution in [1.29, 1.82) is 0 Å². The number of pyridine rings is 2. The summed E-state index contributed by atoms with van der Waals surface area (Å²) in [7, 11) is -3.61. The minimum atomic E-state index is -3.61. The Bertz CT molecular complexity index is 1080. The molecule has 0 aliphatic rings. The van der Waals surface area contributed by atoms with E-state index in [1.165, 1.54) is 17.6 Å². The zero-order chi connectivity index (χ0) is 19.4. The lowest BCUT2D eigenvalue weighted by molar-refractivity contribution is -0.114. The molecule has 142 valence electrons. The second-order valence-corrected chi connectivity index (χ2v) is 7.76. The summed E-state index contributed by atoms with van der Waals surface area (Å²) in [5, 5.41) is 6.71. The minimum Gasteiger partial charge on any atom is -0.293 e. The third-order valence-electron chi connectivity index (χ3n) is 3.80. The van der Waals surface area contributed by atoms with Gasteiger partial charge in [-0.25, -0.2) is 17.7 Å². The number of nitrogens with zero attached hydrogens (tertiary/aromatic N) is 4. The minimum absolute atomic E-state index is 0.105. The Morgan fingerprint density at radius 2 is 2.04 bits per heavy atom. The van der Waals surface area contributed by atoms with E-state index in [4.69, 9.17) is 0 Å². The number of nitrogens with one attached hydrogen (secondary N) is 2. The molecule has 0 fully saturated rings. The number of amides is 1. The summed E-state index contributed by atoms with van der Waals surface area (Å²) in [6.45, 7) is 3.76. The fourth-order valence-corrected chi connectivity index (χ4v) is 3.52. The smallest absolute Gasteiger partial charge is 0.249 e. The highest BCUT2D eigenvalue weighted by Gasteiger charge is 2.15. The van der Waals surface area contributed by atoms with Gasteiger partial charge >= 0.3 is 0 Å². The molecule has 1 amide bonds. The molecule has 9 nitrogen and oxygen atoms in total. The number of fused-ring (bicyclic) bond motifs is 1. The van der Waals surface area contributed by atoms with E-state index in [1.54, 1.807) is 30.6 Å². The lowest BCUT2D eigenvalue weighted by atomic mass is 10.1. The monoisotopic (exact) mass is 388 g/mol. The summed E-state index contributed by atoms with van der Waals surface area (Å²) in [5.41, 5.74) is 1.91. The molecular formula is C17H20N6O3S. The van der Waals surface area contributed by atoms with Crippen LogP contribution in [0.4, 0.5) is 5.95 Å². The number of carbonyl (C=O) groups is 1. The van der Waals surface area contributed by atoms with E-state index >= 15 is 0 Å². The fourth-order valence-electron chi connectivity index (χ4n) is 2.45. The Balaban J connectivity index is 1.91. The Morgan fingerprint density at radius 3 is 2.78 bits per heavy atom. The maximum atomic E-state index is 12.4. The summed E-state index contributed by atoms with van der Waals surface area (Å²) in [6, 6.07) is 5.09. The summed E-state index contributed by atoms with van der Waals surface area (Å²) in [4.78, 5) is 19.5. The summed E-state index contributed by atoms with van der Waals surface area (Å²) in [6.07, 6.45) is 6.27. The van der Waals surface area contributed by atoms with Gasteiger partial charge in [-0.1, -0.05) is 13.3 Å². The van der Waals surface area contributed by atoms with Gasteiger partial charge in [-0.05, 0) is 24.6 Å². The second-order valence-electron chi connectivity index (χ2n) is 6.00. The largest absolute Gasteiger partial charge is 0.293 e. The Hall–Kier alpha value is -2.85. The molecule has 27 heavy (non-hydrogen) atoms. The third kappa shape index (κ3) is 4.47. The van der Waals surface area contributed by atoms with E-state index in [1.807, 2.05) is 6.92 Å². The van der Waals surface area contributed by atoms with Gasteiger partial charge < -0.3 is 0 Å². The first-order valence-corrected chi connectivity index (χ1v) is 9.96. The van der Waals surface area contributed by atoms with Crippen LogP contribution in [-0.4, -0.2) is 40.5 Å². The maximum Gasteiger partial charge on any atom is 0.249 e. The maximum absolute atomic E-state index is 12.4. The first-order valence-electron chi connectivity index (χ1n) is 8.48. The molecule has 3 heterocycles. The van der Waals surface area contributed by atoms with Gasteiger partial charge in [0.05, 0.1) is 0 Å². The van der Waals surface area contributed by atoms with Gasteiger partial charge in [0.2, 0.25) is 21.9 Å². The number of unbranched alkanes of at least 4 members (excludes halogenated alkanes) is 1. The molecule has 10 heteroatoms. The van der Waals surface area contributed by atoms with Gasteiger partial charge in [-0.2, -0.15) is 4.98 Å². The van der Waals surface area contributed by atoms with Crippen LogP contribution in [0, 0.1) is 0 Å². The molecule has 0 spiro atoms. The van der Waals surface area contributed by atoms with Crippen molar-refractivity contribution in [3.63, 3.8) is 0 Å². The van der Waals surface area contributed by atoms with Crippen molar-refractivity contribution in [1.82, 2.24) is 24.3 Å². The SMILES string of the molecule is CCCCNS(=O)(=O)c1cncc(-c2ccc3nc(NC(C)=O)nn3c2)c1. The van der Waals surface area contributed by atoms with Crippen molar-refractivity contribution >= 4 is 27.5 Å². The predicted octanol–water partition coefficient (Wildman–Crippen LogP) is 1.83. The van der Waals surface area contributed by atoms with Crippen molar-refractivity contribution in [3.8, 4) is 11.1 Å². The molecule has 3 aromatic heterocycles. The molecule has 0 saturated heterocycles. The normalized spacial score (nSPS) is 11.6. The molecule has 0 atom stereocenters. The highest BCUT2D eigenvalue weighted by Crippen LogP contribution is 2.22. The van der Waals surface area contributed by atoms with Crippen LogP contribution < -0.4 is 10.0 Å². The van der Waals surface area contributed by atoms with Gasteiger partial charge in [0.25, 0.3) is 0 Å². The fraction of sp³-hybridized carbons (Fsp3) is 0.294. The van der Waals surface area contributed by atoms with Crippen LogP contribution in [0.5, 0.6) is 0 Å². The van der Waals surface area contributed by atoms with Crippen LogP contribution in [-0.2, 0) is 14.8 Å². The van der Waals surface area contributed by atoms with Crippen molar-refractivity contribution in [2.75, 3.05) is 11.9 Å². The number of anilines is 1. The second kappa shape index (κ2) is 7.80. The number of rotatable bonds is 7. The van der Waals surface area contributed by atoms with Gasteiger partial charge in [0.1, 0.15) is 4.90 Å². The summed E-state index contributed by atoms with van der Waals surface area (Å²) in [5.74, 6) is -0.0574. The molecule has 3 rings (SSSR count). The van der Waals surface area contributed by atoms with Gasteiger partial charge in [0.15, 0.2) is 5.65 Å². The molecule has 2 N–H and O–H groups in total. The van der Waals surface area contributed by atoms with Gasteiger partial charge in [-0.15, -0.1) is 5.10 Å². The molecule has 0 bridgehead atoms. The molecule has 0 aromatic carbocycles. The number of hydrogen-bond donors (Lipinski definition) is 2. The summed E-state index contributed by atoms with van der Waals surface area (Å²) >= 11 is 0. The standard InChI is InChI=1S/C17H20N6O3S/c1-3-4-7-19-27(25,26)15-8-14(9-18-10-15)13-5-6-16-21-17(20-12(2)24)22-23(16)11-13/h5-6,8-11,19H,3-4,7H2,1-2H3,(H,20,22,24). The third-order valence-corrected chi connectivity index (χ3v) is 5.23. The highest BCUT2D eigenvalue weighted by molar-refractivity contribution is 7.89. The van der Waals surface area contributed by atoms with E-state index in [2.05, 4.69) is 25.1 Å². The van der Waals surface area contributed by atoms with Crippen LogP contribution in [0.1, 0.15) is 26.7 Å². The van der Waals surface area contributed by atoms with E-state index in [-0.39, 0.29) is 16.8 Å². The van der Waals surface area contributed by atoms with E-state index < -0.39 is 10.0 Å². The average molecular weight is 388 g/mol. The van der Waals surface area contributed by atoms with Gasteiger partial charge in [0, 0.05) is 43.2 Å². The Kier molecular flexibility index (Phi) is 5.47. The summed E-state index contributed by atoms with van der Waals surface area (Å²) < 4.78 is 28.9. The molecule has 0 radical (unpaired) electrons. The molecule has 0 aliphatic heterocycles.